The minimum absolute atomic E-state index is 0.220. The summed E-state index contributed by atoms with van der Waals surface area (Å²) in [6.45, 7) is 3.08. The van der Waals surface area contributed by atoms with Gasteiger partial charge in [0.05, 0.1) is 30.8 Å². The number of aryl methyl sites for hydroxylation is 1. The van der Waals surface area contributed by atoms with Gasteiger partial charge in [0.25, 0.3) is 0 Å². The van der Waals surface area contributed by atoms with E-state index >= 15 is 0 Å². The zero-order valence-electron chi connectivity index (χ0n) is 17.1. The number of nitrogens with zero attached hydrogens (tertiary/aromatic N) is 3. The van der Waals surface area contributed by atoms with Crippen LogP contribution >= 0.6 is 0 Å². The van der Waals surface area contributed by atoms with Crippen molar-refractivity contribution in [1.29, 1.82) is 0 Å². The summed E-state index contributed by atoms with van der Waals surface area (Å²) in [4.78, 5) is 4.44. The molecule has 7 nitrogen and oxygen atoms in total. The zero-order chi connectivity index (χ0) is 21.4. The molecule has 1 aliphatic heterocycles. The van der Waals surface area contributed by atoms with Crippen LogP contribution in [0.1, 0.15) is 37.9 Å². The molecule has 4 unspecified atom stereocenters. The average Bonchev–Trinajstić information content (AvgIpc) is 3.06. The highest BCUT2D eigenvalue weighted by Crippen LogP contribution is 2.33. The van der Waals surface area contributed by atoms with Crippen LogP contribution in [0.15, 0.2) is 40.9 Å². The van der Waals surface area contributed by atoms with Crippen molar-refractivity contribution in [2.75, 3.05) is 14.2 Å². The Kier molecular flexibility index (Phi) is 5.75. The molecule has 1 aromatic rings. The number of aliphatic imine (C=N–C) groups is 1. The second kappa shape index (κ2) is 7.81. The second-order valence-electron chi connectivity index (χ2n) is 7.50. The molecule has 2 heterocycles. The number of aliphatic hydroxyl groups excluding tert-OH is 1. The second-order valence-corrected chi connectivity index (χ2v) is 7.50. The molecule has 1 aromatic heterocycles. The van der Waals surface area contributed by atoms with Gasteiger partial charge in [0.2, 0.25) is 0 Å². The Hall–Kier alpha value is -2.36. The van der Waals surface area contributed by atoms with Crippen LogP contribution in [0.25, 0.3) is 5.57 Å². The summed E-state index contributed by atoms with van der Waals surface area (Å²) >= 11 is 0. The van der Waals surface area contributed by atoms with Crippen LogP contribution < -0.4 is 5.32 Å². The van der Waals surface area contributed by atoms with E-state index in [1.54, 1.807) is 38.2 Å². The molecular weight excluding hydrogens is 382 g/mol. The summed E-state index contributed by atoms with van der Waals surface area (Å²) in [6, 6.07) is 0.309. The molecule has 0 aromatic carbocycles. The molecule has 2 aliphatic rings. The van der Waals surface area contributed by atoms with Crippen LogP contribution in [-0.2, 0) is 16.5 Å². The molecule has 29 heavy (non-hydrogen) atoms. The Bertz CT molecular complexity index is 904. The smallest absolute Gasteiger partial charge is 0.162 e. The number of allylic oxidation sites excluding steroid dienone is 3. The molecule has 0 saturated carbocycles. The van der Waals surface area contributed by atoms with Crippen LogP contribution in [-0.4, -0.2) is 52.8 Å². The third-order valence-electron chi connectivity index (χ3n) is 5.24. The highest BCUT2D eigenvalue weighted by atomic mass is 19.2. The predicted molar refractivity (Wildman–Crippen MR) is 105 cm³/mol. The Balaban J connectivity index is 1.86. The summed E-state index contributed by atoms with van der Waals surface area (Å²) in [6.07, 6.45) is 4.41. The number of rotatable bonds is 6. The van der Waals surface area contributed by atoms with Gasteiger partial charge >= 0.3 is 0 Å². The number of hydrogen-bond acceptors (Lipinski definition) is 6. The van der Waals surface area contributed by atoms with E-state index < -0.39 is 29.5 Å². The van der Waals surface area contributed by atoms with Crippen LogP contribution in [0.4, 0.5) is 8.78 Å². The summed E-state index contributed by atoms with van der Waals surface area (Å²) < 4.78 is 41.2. The van der Waals surface area contributed by atoms with E-state index in [0.29, 0.717) is 23.4 Å². The molecule has 0 amide bonds. The van der Waals surface area contributed by atoms with Crippen molar-refractivity contribution in [3.8, 4) is 0 Å². The van der Waals surface area contributed by atoms with Gasteiger partial charge in [0.15, 0.2) is 12.0 Å². The lowest BCUT2D eigenvalue weighted by molar-refractivity contribution is 0.00371. The predicted octanol–water partition coefficient (Wildman–Crippen LogP) is 2.72. The Morgan fingerprint density at radius 3 is 2.72 bits per heavy atom. The van der Waals surface area contributed by atoms with Gasteiger partial charge in [0, 0.05) is 20.4 Å². The summed E-state index contributed by atoms with van der Waals surface area (Å²) in [7, 11) is 4.84. The molecule has 1 aliphatic carbocycles. The summed E-state index contributed by atoms with van der Waals surface area (Å²) in [5.74, 6) is -0.0422. The topological polar surface area (TPSA) is 80.9 Å². The first-order valence-corrected chi connectivity index (χ1v) is 9.20. The standard InChI is InChI=1S/C20H26F2N4O3/c1-19(22)8-6-7-13(21)17(19)24-18(27)14-9-15(26(3)25-14)12-11-23-20(2,29-5)10-16(12)28-4/h6-9,11,17-18,24,27H,10H2,1-5H3. The molecule has 0 fully saturated rings. The highest BCUT2D eigenvalue weighted by molar-refractivity contribution is 6.10. The zero-order valence-corrected chi connectivity index (χ0v) is 17.1. The number of nitrogens with one attached hydrogen (secondary N) is 1. The highest BCUT2D eigenvalue weighted by Gasteiger charge is 2.39. The average molecular weight is 408 g/mol. The molecule has 0 saturated heterocycles. The molecule has 158 valence electrons. The van der Waals surface area contributed by atoms with E-state index in [1.165, 1.54) is 19.1 Å². The fourth-order valence-electron chi connectivity index (χ4n) is 3.38. The van der Waals surface area contributed by atoms with Gasteiger partial charge in [-0.1, -0.05) is 6.08 Å². The Labute approximate surface area is 168 Å². The van der Waals surface area contributed by atoms with Gasteiger partial charge in [-0.15, -0.1) is 0 Å². The van der Waals surface area contributed by atoms with E-state index in [4.69, 9.17) is 9.47 Å². The summed E-state index contributed by atoms with van der Waals surface area (Å²) in [5, 5.41) is 17.4. The lowest BCUT2D eigenvalue weighted by Crippen LogP contribution is -2.47. The van der Waals surface area contributed by atoms with Crippen LogP contribution in [0.2, 0.25) is 0 Å². The van der Waals surface area contributed by atoms with Gasteiger partial charge in [-0.3, -0.25) is 15.0 Å². The molecule has 9 heteroatoms. The minimum Gasteiger partial charge on any atom is -0.500 e. The normalized spacial score (nSPS) is 30.5. The van der Waals surface area contributed by atoms with Crippen LogP contribution in [0, 0.1) is 0 Å². The van der Waals surface area contributed by atoms with Crippen molar-refractivity contribution >= 4 is 11.8 Å². The number of hydrogen-bond donors (Lipinski definition) is 2. The van der Waals surface area contributed by atoms with E-state index in [1.807, 2.05) is 6.92 Å². The molecule has 0 radical (unpaired) electrons. The maximum Gasteiger partial charge on any atom is 0.162 e. The van der Waals surface area contributed by atoms with Crippen molar-refractivity contribution < 1.29 is 23.4 Å². The SMILES string of the molecule is COC1=C(c2cc(C(O)NC3C(F)=CC=CC3(C)F)nn2C)C=NC(C)(OC)C1. The number of aliphatic hydroxyl groups is 1. The summed E-state index contributed by atoms with van der Waals surface area (Å²) in [5.41, 5.74) is -1.15. The number of aromatic nitrogens is 2. The van der Waals surface area contributed by atoms with Crippen LogP contribution in [0.5, 0.6) is 0 Å². The largest absolute Gasteiger partial charge is 0.500 e. The van der Waals surface area contributed by atoms with Crippen molar-refractivity contribution in [2.45, 2.75) is 43.9 Å². The van der Waals surface area contributed by atoms with Crippen molar-refractivity contribution in [1.82, 2.24) is 15.1 Å². The lowest BCUT2D eigenvalue weighted by Gasteiger charge is -2.31. The van der Waals surface area contributed by atoms with E-state index in [9.17, 15) is 13.9 Å². The Morgan fingerprint density at radius 2 is 2.10 bits per heavy atom. The molecule has 0 bridgehead atoms. The van der Waals surface area contributed by atoms with Gasteiger partial charge in [0.1, 0.15) is 22.9 Å². The molecule has 4 atom stereocenters. The lowest BCUT2D eigenvalue weighted by atomic mass is 9.92. The van der Waals surface area contributed by atoms with Gasteiger partial charge in [-0.2, -0.15) is 5.10 Å². The number of methoxy groups -OCH3 is 2. The van der Waals surface area contributed by atoms with E-state index in [2.05, 4.69) is 15.4 Å². The molecule has 3 rings (SSSR count). The number of ether oxygens (including phenoxy) is 2. The maximum atomic E-state index is 14.6. The quantitative estimate of drug-likeness (QED) is 0.708. The third-order valence-corrected chi connectivity index (χ3v) is 5.24. The monoisotopic (exact) mass is 408 g/mol. The maximum absolute atomic E-state index is 14.6. The number of halogens is 2. The first kappa shape index (κ1) is 21.4. The van der Waals surface area contributed by atoms with Gasteiger partial charge in [-0.25, -0.2) is 8.78 Å². The van der Waals surface area contributed by atoms with Gasteiger partial charge < -0.3 is 14.6 Å². The first-order valence-electron chi connectivity index (χ1n) is 9.20. The minimum atomic E-state index is -1.98. The fraction of sp³-hybridized carbons (Fsp3) is 0.500. The Morgan fingerprint density at radius 1 is 1.38 bits per heavy atom. The number of dihydropyridines is 1. The third kappa shape index (κ3) is 4.17. The van der Waals surface area contributed by atoms with Crippen molar-refractivity contribution in [2.24, 2.45) is 12.0 Å². The van der Waals surface area contributed by atoms with Crippen molar-refractivity contribution in [3.05, 3.63) is 47.3 Å². The molecule has 0 spiro atoms. The molecular formula is C20H26F2N4O3. The first-order chi connectivity index (χ1) is 13.6. The van der Waals surface area contributed by atoms with E-state index in [0.717, 1.165) is 6.08 Å². The number of alkyl halides is 1. The fourth-order valence-corrected chi connectivity index (χ4v) is 3.38. The molecule has 2 N–H and O–H groups in total. The van der Waals surface area contributed by atoms with E-state index in [-0.39, 0.29) is 5.69 Å². The van der Waals surface area contributed by atoms with Crippen molar-refractivity contribution in [3.63, 3.8) is 0 Å². The van der Waals surface area contributed by atoms with Gasteiger partial charge in [-0.05, 0) is 32.1 Å². The van der Waals surface area contributed by atoms with Crippen LogP contribution in [0.3, 0.4) is 0 Å².